The van der Waals surface area contributed by atoms with E-state index in [0.717, 1.165) is 31.2 Å². The summed E-state index contributed by atoms with van der Waals surface area (Å²) in [5.74, 6) is 0.658. The molecule has 1 aromatic heterocycles. The highest BCUT2D eigenvalue weighted by atomic mass is 32.2. The highest BCUT2D eigenvalue weighted by Gasteiger charge is 2.35. The molecule has 0 radical (unpaired) electrons. The van der Waals surface area contributed by atoms with Gasteiger partial charge in [-0.2, -0.15) is 4.40 Å². The van der Waals surface area contributed by atoms with Gasteiger partial charge in [-0.1, -0.05) is 6.07 Å². The molecule has 4 heterocycles. The molecule has 9 heteroatoms. The zero-order valence-corrected chi connectivity index (χ0v) is 19.0. The van der Waals surface area contributed by atoms with Crippen molar-refractivity contribution in [3.05, 3.63) is 23.9 Å². The molecule has 4 aliphatic rings. The lowest BCUT2D eigenvalue weighted by Gasteiger charge is -2.37. The van der Waals surface area contributed by atoms with Crippen molar-refractivity contribution in [2.45, 2.75) is 75.7 Å². The van der Waals surface area contributed by atoms with Crippen LogP contribution in [0.4, 0.5) is 0 Å². The van der Waals surface area contributed by atoms with Gasteiger partial charge in [-0.15, -0.1) is 0 Å². The van der Waals surface area contributed by atoms with E-state index in [1.165, 1.54) is 0 Å². The molecule has 0 spiro atoms. The lowest BCUT2D eigenvalue weighted by molar-refractivity contribution is -0.136. The molecule has 1 amide bonds. The van der Waals surface area contributed by atoms with E-state index in [1.807, 2.05) is 12.1 Å². The minimum atomic E-state index is -3.62. The van der Waals surface area contributed by atoms with Gasteiger partial charge in [0, 0.05) is 18.3 Å². The van der Waals surface area contributed by atoms with E-state index >= 15 is 0 Å². The van der Waals surface area contributed by atoms with Crippen LogP contribution in [0.15, 0.2) is 22.7 Å². The van der Waals surface area contributed by atoms with Crippen LogP contribution in [0.5, 0.6) is 5.88 Å². The normalized spacial score (nSPS) is 28.9. The number of hydrogen-bond acceptors (Lipinski definition) is 6. The van der Waals surface area contributed by atoms with Crippen molar-refractivity contribution in [1.29, 1.82) is 0 Å². The first kappa shape index (κ1) is 22.2. The number of pyridine rings is 1. The molecule has 1 atom stereocenters. The van der Waals surface area contributed by atoms with E-state index < -0.39 is 21.3 Å². The predicted octanol–water partition coefficient (Wildman–Crippen LogP) is 2.69. The van der Waals surface area contributed by atoms with Crippen LogP contribution in [0.3, 0.4) is 0 Å². The van der Waals surface area contributed by atoms with Crippen molar-refractivity contribution >= 4 is 21.6 Å². The number of hydrogen-bond donors (Lipinski definition) is 0. The Balaban J connectivity index is 1.65. The molecule has 1 aliphatic carbocycles. The molecule has 2 fully saturated rings. The van der Waals surface area contributed by atoms with Crippen LogP contribution >= 0.6 is 0 Å². The Labute approximate surface area is 184 Å². The maximum atomic E-state index is 13.1. The number of rotatable bonds is 2. The van der Waals surface area contributed by atoms with E-state index in [4.69, 9.17) is 9.47 Å². The lowest BCUT2D eigenvalue weighted by atomic mass is 9.83. The molecule has 0 N–H and O–H groups in total. The van der Waals surface area contributed by atoms with Gasteiger partial charge in [-0.05, 0) is 64.4 Å². The van der Waals surface area contributed by atoms with Gasteiger partial charge in [-0.3, -0.25) is 4.79 Å². The van der Waals surface area contributed by atoms with Gasteiger partial charge in [0.25, 0.3) is 15.9 Å². The first-order valence-electron chi connectivity index (χ1n) is 11.2. The number of aromatic nitrogens is 1. The maximum absolute atomic E-state index is 13.1. The summed E-state index contributed by atoms with van der Waals surface area (Å²) in [6, 6.07) is 3.45. The Morgan fingerprint density at radius 2 is 2.00 bits per heavy atom. The number of ether oxygens (including phenoxy) is 2. The van der Waals surface area contributed by atoms with Crippen LogP contribution in [-0.2, 0) is 19.6 Å². The second-order valence-corrected chi connectivity index (χ2v) is 11.0. The fourth-order valence-corrected chi connectivity index (χ4v) is 5.36. The first-order chi connectivity index (χ1) is 14.8. The zero-order chi connectivity index (χ0) is 22.0. The molecule has 1 saturated heterocycles. The molecule has 2 bridgehead atoms. The fraction of sp³-hybridized carbons (Fsp3) is 0.682. The summed E-state index contributed by atoms with van der Waals surface area (Å²) in [4.78, 5) is 19.1. The lowest BCUT2D eigenvalue weighted by Crippen LogP contribution is -2.53. The molecule has 5 rings (SSSR count). The third kappa shape index (κ3) is 4.92. The van der Waals surface area contributed by atoms with Crippen molar-refractivity contribution in [1.82, 2.24) is 9.88 Å². The van der Waals surface area contributed by atoms with Crippen molar-refractivity contribution in [3.8, 4) is 5.88 Å². The topological polar surface area (TPSA) is 98.2 Å². The first-order valence-corrected chi connectivity index (χ1v) is 12.7. The van der Waals surface area contributed by atoms with Crippen molar-refractivity contribution in [3.63, 3.8) is 0 Å². The quantitative estimate of drug-likeness (QED) is 0.688. The van der Waals surface area contributed by atoms with Crippen LogP contribution in [0.1, 0.15) is 63.9 Å². The van der Waals surface area contributed by atoms with Crippen molar-refractivity contribution < 1.29 is 22.7 Å². The second-order valence-electron chi connectivity index (χ2n) is 8.85. The van der Waals surface area contributed by atoms with Crippen LogP contribution < -0.4 is 4.74 Å². The van der Waals surface area contributed by atoms with E-state index in [1.54, 1.807) is 24.9 Å². The average molecular weight is 450 g/mol. The number of sulfonamides is 1. The molecule has 3 aliphatic heterocycles. The Kier molecular flexibility index (Phi) is 6.62. The highest BCUT2D eigenvalue weighted by molar-refractivity contribution is 7.90. The summed E-state index contributed by atoms with van der Waals surface area (Å²) in [6.45, 7) is 3.88. The molecule has 1 unspecified atom stereocenters. The molecule has 8 nitrogen and oxygen atoms in total. The van der Waals surface area contributed by atoms with Gasteiger partial charge >= 0.3 is 0 Å². The Bertz CT molecular complexity index is 938. The van der Waals surface area contributed by atoms with Crippen molar-refractivity contribution in [2.24, 2.45) is 4.40 Å². The number of piperidine rings is 1. The molecule has 1 aromatic rings. The van der Waals surface area contributed by atoms with Crippen LogP contribution in [0.2, 0.25) is 0 Å². The Morgan fingerprint density at radius 1 is 1.23 bits per heavy atom. The zero-order valence-electron chi connectivity index (χ0n) is 18.2. The van der Waals surface area contributed by atoms with E-state index in [2.05, 4.69) is 9.38 Å². The molecule has 1 saturated carbocycles. The number of amides is 1. The number of nitrogens with zero attached hydrogens (tertiary/aromatic N) is 3. The Hall–Kier alpha value is -2.00. The predicted molar refractivity (Wildman–Crippen MR) is 117 cm³/mol. The van der Waals surface area contributed by atoms with Gasteiger partial charge in [0.2, 0.25) is 5.88 Å². The number of carbonyl (C=O) groups excluding carboxylic acids is 1. The van der Waals surface area contributed by atoms with Gasteiger partial charge in [-0.25, -0.2) is 13.4 Å². The summed E-state index contributed by atoms with van der Waals surface area (Å²) in [7, 11) is -3.62. The maximum Gasteiger partial charge on any atom is 0.261 e. The van der Waals surface area contributed by atoms with Crippen molar-refractivity contribution in [2.75, 3.05) is 19.8 Å². The van der Waals surface area contributed by atoms with Gasteiger partial charge in [0.05, 0.1) is 29.7 Å². The van der Waals surface area contributed by atoms with Crippen LogP contribution in [-0.4, -0.2) is 67.1 Å². The van der Waals surface area contributed by atoms with Crippen LogP contribution in [0, 0.1) is 0 Å². The number of fused-ring (bicyclic) bond motifs is 5. The minimum absolute atomic E-state index is 0.0971. The summed E-state index contributed by atoms with van der Waals surface area (Å²) in [5, 5.41) is -0.608. The minimum Gasteiger partial charge on any atom is -0.467 e. The summed E-state index contributed by atoms with van der Waals surface area (Å²) in [6.07, 6.45) is 6.75. The fourth-order valence-electron chi connectivity index (χ4n) is 4.61. The summed E-state index contributed by atoms with van der Waals surface area (Å²) >= 11 is 0. The van der Waals surface area contributed by atoms with Crippen LogP contribution in [0.25, 0.3) is 0 Å². The largest absolute Gasteiger partial charge is 0.467 e. The SMILES string of the molecule is CC(C)S(=O)(=O)/N=C1\CCCN2C(=O)COc3ncccc3C3CCC(CC3)OCC12. The summed E-state index contributed by atoms with van der Waals surface area (Å²) < 4.78 is 41.2. The monoisotopic (exact) mass is 449 g/mol. The third-order valence-corrected chi connectivity index (χ3v) is 8.17. The van der Waals surface area contributed by atoms with Gasteiger partial charge < -0.3 is 14.4 Å². The van der Waals surface area contributed by atoms with E-state index in [-0.39, 0.29) is 25.2 Å². The molecule has 31 heavy (non-hydrogen) atoms. The highest BCUT2D eigenvalue weighted by Crippen LogP contribution is 2.38. The average Bonchev–Trinajstić information content (AvgIpc) is 2.77. The molecule has 170 valence electrons. The van der Waals surface area contributed by atoms with Gasteiger partial charge in [0.15, 0.2) is 6.61 Å². The smallest absolute Gasteiger partial charge is 0.261 e. The van der Waals surface area contributed by atoms with E-state index in [0.29, 0.717) is 36.9 Å². The molecular formula is C22H31N3O5S. The Morgan fingerprint density at radius 3 is 2.74 bits per heavy atom. The van der Waals surface area contributed by atoms with E-state index in [9.17, 15) is 13.2 Å². The van der Waals surface area contributed by atoms with Gasteiger partial charge in [0.1, 0.15) is 0 Å². The standard InChI is InChI=1S/C22H31N3O5S/c1-15(2)31(27,28)24-19-6-4-12-25-20(19)13-29-17-9-7-16(8-10-17)18-5-3-11-23-22(18)30-14-21(25)26/h3,5,11,15-17,20H,4,6-10,12-14H2,1-2H3/b24-19+. The summed E-state index contributed by atoms with van der Waals surface area (Å²) in [5.41, 5.74) is 1.56. The molecular weight excluding hydrogens is 418 g/mol. The third-order valence-electron chi connectivity index (χ3n) is 6.49. The molecule has 0 aromatic carbocycles. The number of carbonyl (C=O) groups is 1. The second kappa shape index (κ2) is 9.24.